The molecule has 0 unspecified atom stereocenters. The Hall–Kier alpha value is -2.74. The van der Waals surface area contributed by atoms with Gasteiger partial charge in [-0.25, -0.2) is 8.78 Å². The van der Waals surface area contributed by atoms with Crippen molar-refractivity contribution < 1.29 is 35.1 Å². The number of hydrogen-bond acceptors (Lipinski definition) is 2. The van der Waals surface area contributed by atoms with E-state index in [2.05, 4.69) is 12.2 Å². The molecule has 0 bridgehead atoms. The number of halogens is 8. The van der Waals surface area contributed by atoms with Crippen molar-refractivity contribution >= 4 is 17.2 Å². The molecule has 0 saturated carbocycles. The van der Waals surface area contributed by atoms with Crippen LogP contribution in [0.15, 0.2) is 36.4 Å². The number of hydrogen-bond donors (Lipinski definition) is 1. The zero-order valence-corrected chi connectivity index (χ0v) is 13.7. The van der Waals surface area contributed by atoms with Crippen LogP contribution in [-0.4, -0.2) is 4.99 Å². The molecule has 2 nitrogen and oxygen atoms in total. The van der Waals surface area contributed by atoms with E-state index in [-0.39, 0.29) is 16.1 Å². The molecule has 2 rings (SSSR count). The van der Waals surface area contributed by atoms with E-state index >= 15 is 0 Å². The molecule has 0 aromatic heterocycles. The molecule has 0 aliphatic rings. The normalized spacial score (nSPS) is 11.2. The Morgan fingerprint density at radius 3 is 1.67 bits per heavy atom. The maximum absolute atomic E-state index is 12.7. The quantitative estimate of drug-likeness (QED) is 0.518. The summed E-state index contributed by atoms with van der Waals surface area (Å²) in [6.45, 7) is 0. The second-order valence-electron chi connectivity index (χ2n) is 4.93. The molecule has 2 aromatic rings. The fraction of sp³-hybridized carbons (Fsp3) is 0.125. The van der Waals surface area contributed by atoms with Crippen molar-refractivity contribution in [1.29, 1.82) is 5.26 Å². The Morgan fingerprint density at radius 1 is 0.815 bits per heavy atom. The van der Waals surface area contributed by atoms with Crippen LogP contribution in [0.3, 0.4) is 0 Å². The van der Waals surface area contributed by atoms with E-state index < -0.39 is 35.1 Å². The molecule has 0 fully saturated rings. The molecule has 0 amide bonds. The Bertz CT molecular complexity index is 881. The summed E-state index contributed by atoms with van der Waals surface area (Å²) in [6.07, 6.45) is -9.21. The van der Waals surface area contributed by atoms with E-state index in [0.29, 0.717) is 24.3 Å². The number of rotatable bonds is 1. The van der Waals surface area contributed by atoms with Gasteiger partial charge in [0, 0.05) is 5.56 Å². The molecule has 144 valence electrons. The van der Waals surface area contributed by atoms with Gasteiger partial charge in [0.1, 0.15) is 16.6 Å². The van der Waals surface area contributed by atoms with Crippen LogP contribution in [0, 0.1) is 23.0 Å². The first-order valence-corrected chi connectivity index (χ1v) is 7.10. The summed E-state index contributed by atoms with van der Waals surface area (Å²) < 4.78 is 97.7. The lowest BCUT2D eigenvalue weighted by Gasteiger charge is -2.08. The van der Waals surface area contributed by atoms with Crippen LogP contribution in [-0.2, 0) is 12.4 Å². The maximum atomic E-state index is 12.7. The highest BCUT2D eigenvalue weighted by molar-refractivity contribution is 7.80. The molecule has 0 saturated heterocycles. The highest BCUT2D eigenvalue weighted by Crippen LogP contribution is 2.31. The van der Waals surface area contributed by atoms with Crippen molar-refractivity contribution in [2.75, 3.05) is 0 Å². The monoisotopic (exact) mass is 412 g/mol. The number of nitrogens with zero attached hydrogens (tertiary/aromatic N) is 1. The third-order valence-corrected chi connectivity index (χ3v) is 3.10. The zero-order chi connectivity index (χ0) is 21.0. The predicted molar refractivity (Wildman–Crippen MR) is 83.4 cm³/mol. The van der Waals surface area contributed by atoms with Crippen LogP contribution < -0.4 is 5.73 Å². The Balaban J connectivity index is 0.000000271. The van der Waals surface area contributed by atoms with Gasteiger partial charge < -0.3 is 5.73 Å². The minimum atomic E-state index is -4.62. The first-order chi connectivity index (χ1) is 12.2. The summed E-state index contributed by atoms with van der Waals surface area (Å²) in [5.41, 5.74) is 2.37. The fourth-order valence-corrected chi connectivity index (χ4v) is 1.83. The fourth-order valence-electron chi connectivity index (χ4n) is 1.71. The lowest BCUT2D eigenvalue weighted by molar-refractivity contribution is -0.138. The minimum absolute atomic E-state index is 0.132. The second-order valence-corrected chi connectivity index (χ2v) is 5.37. The van der Waals surface area contributed by atoms with E-state index in [1.807, 2.05) is 0 Å². The summed E-state index contributed by atoms with van der Waals surface area (Å²) in [5, 5.41) is 8.27. The largest absolute Gasteiger partial charge is 0.416 e. The van der Waals surface area contributed by atoms with Crippen molar-refractivity contribution in [1.82, 2.24) is 0 Å². The minimum Gasteiger partial charge on any atom is -0.389 e. The van der Waals surface area contributed by atoms with Crippen LogP contribution in [0.1, 0.15) is 22.3 Å². The molecular weight excluding hydrogens is 404 g/mol. The van der Waals surface area contributed by atoms with Gasteiger partial charge in [0.15, 0.2) is 0 Å². The lowest BCUT2D eigenvalue weighted by atomic mass is 10.1. The van der Waals surface area contributed by atoms with Crippen LogP contribution in [0.4, 0.5) is 35.1 Å². The molecule has 0 aliphatic heterocycles. The summed E-state index contributed by atoms with van der Waals surface area (Å²) >= 11 is 4.45. The topological polar surface area (TPSA) is 49.8 Å². The van der Waals surface area contributed by atoms with Crippen molar-refractivity contribution in [3.63, 3.8) is 0 Å². The molecule has 0 atom stereocenters. The Kier molecular flexibility index (Phi) is 6.86. The number of alkyl halides is 6. The van der Waals surface area contributed by atoms with Crippen molar-refractivity contribution in [2.45, 2.75) is 12.4 Å². The summed E-state index contributed by atoms with van der Waals surface area (Å²) in [6, 6.07) is 5.10. The Labute approximate surface area is 152 Å². The van der Waals surface area contributed by atoms with Crippen LogP contribution >= 0.6 is 12.2 Å². The maximum Gasteiger partial charge on any atom is 0.416 e. The van der Waals surface area contributed by atoms with Gasteiger partial charge in [-0.3, -0.25) is 0 Å². The number of benzene rings is 2. The molecule has 0 radical (unpaired) electrons. The van der Waals surface area contributed by atoms with E-state index in [4.69, 9.17) is 11.0 Å². The lowest BCUT2D eigenvalue weighted by Crippen LogP contribution is -2.13. The predicted octanol–water partition coefficient (Wildman–Crippen LogP) is 5.19. The van der Waals surface area contributed by atoms with Gasteiger partial charge >= 0.3 is 12.4 Å². The van der Waals surface area contributed by atoms with Gasteiger partial charge in [-0.05, 0) is 36.4 Å². The van der Waals surface area contributed by atoms with Crippen LogP contribution in [0.25, 0.3) is 0 Å². The first kappa shape index (κ1) is 22.3. The van der Waals surface area contributed by atoms with E-state index in [0.717, 1.165) is 12.1 Å². The molecule has 0 aliphatic carbocycles. The first-order valence-electron chi connectivity index (χ1n) is 6.69. The van der Waals surface area contributed by atoms with Crippen molar-refractivity contribution in [2.24, 2.45) is 5.73 Å². The second kappa shape index (κ2) is 8.30. The van der Waals surface area contributed by atoms with Gasteiger partial charge in [-0.15, -0.1) is 0 Å². The van der Waals surface area contributed by atoms with E-state index in [1.165, 1.54) is 6.07 Å². The molecule has 27 heavy (non-hydrogen) atoms. The highest BCUT2D eigenvalue weighted by atomic mass is 32.1. The van der Waals surface area contributed by atoms with Crippen molar-refractivity contribution in [3.8, 4) is 6.07 Å². The highest BCUT2D eigenvalue weighted by Gasteiger charge is 2.32. The molecule has 2 aromatic carbocycles. The summed E-state index contributed by atoms with van der Waals surface area (Å²) in [5.74, 6) is -2.08. The summed E-state index contributed by atoms with van der Waals surface area (Å²) in [7, 11) is 0. The number of nitriles is 1. The smallest absolute Gasteiger partial charge is 0.389 e. The number of thiocarbonyl (C=S) groups is 1. The SMILES string of the molecule is N#Cc1cc(F)cc(C(F)(F)F)c1.NC(=S)c1cc(F)cc(C(F)(F)F)c1. The zero-order valence-electron chi connectivity index (χ0n) is 12.9. The van der Waals surface area contributed by atoms with Gasteiger partial charge in [-0.2, -0.15) is 31.6 Å². The van der Waals surface area contributed by atoms with Gasteiger partial charge in [0.05, 0.1) is 22.8 Å². The standard InChI is InChI=1S/C8H5F4NS.C8H3F4N/c9-6-2-4(7(13)14)1-5(3-6)8(10,11)12;9-7-2-5(4-13)1-6(3-7)8(10,11)12/h1-3H,(H2,13,14);1-3H. The summed E-state index contributed by atoms with van der Waals surface area (Å²) in [4.78, 5) is -0.269. The van der Waals surface area contributed by atoms with Crippen molar-refractivity contribution in [3.05, 3.63) is 70.3 Å². The van der Waals surface area contributed by atoms with Crippen LogP contribution in [0.5, 0.6) is 0 Å². The average molecular weight is 412 g/mol. The average Bonchev–Trinajstić information content (AvgIpc) is 2.52. The van der Waals surface area contributed by atoms with E-state index in [1.54, 1.807) is 0 Å². The molecule has 0 heterocycles. The Morgan fingerprint density at radius 2 is 1.26 bits per heavy atom. The van der Waals surface area contributed by atoms with Crippen LogP contribution in [0.2, 0.25) is 0 Å². The van der Waals surface area contributed by atoms with Gasteiger partial charge in [0.2, 0.25) is 0 Å². The molecule has 11 heteroatoms. The van der Waals surface area contributed by atoms with Gasteiger partial charge in [0.25, 0.3) is 0 Å². The third-order valence-electron chi connectivity index (χ3n) is 2.86. The third kappa shape index (κ3) is 6.82. The molecule has 2 N–H and O–H groups in total. The van der Waals surface area contributed by atoms with E-state index in [9.17, 15) is 35.1 Å². The molecular formula is C16H8F8N2S. The number of nitrogens with two attached hydrogens (primary N) is 1. The molecule has 0 spiro atoms. The van der Waals surface area contributed by atoms with Gasteiger partial charge in [-0.1, -0.05) is 12.2 Å².